The first-order valence-electron chi connectivity index (χ1n) is 12.0. The van der Waals surface area contributed by atoms with Gasteiger partial charge in [0.15, 0.2) is 6.10 Å². The van der Waals surface area contributed by atoms with E-state index in [2.05, 4.69) is 5.32 Å². The molecule has 0 fully saturated rings. The van der Waals surface area contributed by atoms with Gasteiger partial charge in [-0.25, -0.2) is 9.59 Å². The first-order chi connectivity index (χ1) is 17.7. The van der Waals surface area contributed by atoms with Crippen molar-refractivity contribution in [3.63, 3.8) is 0 Å². The first-order valence-corrected chi connectivity index (χ1v) is 13.6. The second kappa shape index (κ2) is 13.7. The number of carbonyl (C=O) groups excluding carboxylic acids is 2. The highest BCUT2D eigenvalue weighted by molar-refractivity contribution is 7.53. The molecule has 0 heterocycles. The lowest BCUT2D eigenvalue weighted by Gasteiger charge is -2.28. The summed E-state index contributed by atoms with van der Waals surface area (Å²) in [5.74, 6) is -2.59. The third kappa shape index (κ3) is 9.17. The molecule has 0 aromatic heterocycles. The largest absolute Gasteiger partial charge is 0.459 e. The van der Waals surface area contributed by atoms with E-state index in [0.717, 1.165) is 11.1 Å². The molecule has 1 unspecified atom stereocenters. The van der Waals surface area contributed by atoms with Crippen LogP contribution in [0.3, 0.4) is 0 Å². The van der Waals surface area contributed by atoms with Crippen LogP contribution in [0.5, 0.6) is 0 Å². The summed E-state index contributed by atoms with van der Waals surface area (Å²) in [6, 6.07) is 27.0. The molecule has 0 saturated carbocycles. The molecule has 3 aromatic carbocycles. The van der Waals surface area contributed by atoms with Gasteiger partial charge in [-0.1, -0.05) is 105 Å². The summed E-state index contributed by atoms with van der Waals surface area (Å²) < 4.78 is 29.6. The summed E-state index contributed by atoms with van der Waals surface area (Å²) >= 11 is 0. The van der Waals surface area contributed by atoms with Crippen LogP contribution in [-0.4, -0.2) is 28.8 Å². The second-order valence-electron chi connectivity index (χ2n) is 8.84. The Morgan fingerprint density at radius 1 is 0.784 bits per heavy atom. The Morgan fingerprint density at radius 3 is 1.73 bits per heavy atom. The van der Waals surface area contributed by atoms with Crippen molar-refractivity contribution < 1.29 is 33.0 Å². The lowest BCUT2D eigenvalue weighted by Crippen LogP contribution is -2.39. The van der Waals surface area contributed by atoms with E-state index < -0.39 is 37.5 Å². The summed E-state index contributed by atoms with van der Waals surface area (Å²) in [7, 11) is -4.59. The maximum atomic E-state index is 13.5. The minimum Gasteiger partial charge on any atom is -0.459 e. The van der Waals surface area contributed by atoms with Crippen molar-refractivity contribution in [2.45, 2.75) is 45.4 Å². The predicted molar refractivity (Wildman–Crippen MR) is 139 cm³/mol. The van der Waals surface area contributed by atoms with E-state index in [0.29, 0.717) is 5.56 Å². The molecular formula is C28H32NO7P. The van der Waals surface area contributed by atoms with Crippen LogP contribution < -0.4 is 5.32 Å². The van der Waals surface area contributed by atoms with Crippen molar-refractivity contribution in [1.82, 2.24) is 5.32 Å². The highest BCUT2D eigenvalue weighted by atomic mass is 31.2. The molecule has 1 amide bonds. The normalized spacial score (nSPS) is 14.3. The van der Waals surface area contributed by atoms with Crippen LogP contribution in [-0.2, 0) is 43.0 Å². The van der Waals surface area contributed by atoms with E-state index in [9.17, 15) is 19.0 Å². The molecule has 0 aliphatic rings. The van der Waals surface area contributed by atoms with Gasteiger partial charge in [-0.15, -0.1) is 0 Å². The molecule has 0 bridgehead atoms. The summed E-state index contributed by atoms with van der Waals surface area (Å²) in [6.45, 7) is 3.35. The summed E-state index contributed by atoms with van der Waals surface area (Å²) in [5.41, 5.74) is 2.23. The highest BCUT2D eigenvalue weighted by Crippen LogP contribution is 2.49. The van der Waals surface area contributed by atoms with Crippen molar-refractivity contribution in [2.24, 2.45) is 5.92 Å². The molecular weight excluding hydrogens is 493 g/mol. The third-order valence-corrected chi connectivity index (χ3v) is 7.12. The average Bonchev–Trinajstić information content (AvgIpc) is 2.90. The number of rotatable bonds is 12. The fraction of sp³-hybridized carbons (Fsp3) is 0.286. The molecule has 0 saturated heterocycles. The van der Waals surface area contributed by atoms with E-state index >= 15 is 0 Å². The third-order valence-electron chi connectivity index (χ3n) is 5.49. The number of amides is 1. The van der Waals surface area contributed by atoms with Crippen LogP contribution >= 0.6 is 7.60 Å². The second-order valence-corrected chi connectivity index (χ2v) is 10.8. The van der Waals surface area contributed by atoms with Gasteiger partial charge in [-0.05, 0) is 22.6 Å². The fourth-order valence-electron chi connectivity index (χ4n) is 3.47. The zero-order valence-corrected chi connectivity index (χ0v) is 21.8. The molecule has 3 rings (SSSR count). The molecule has 0 radical (unpaired) electrons. The van der Waals surface area contributed by atoms with Gasteiger partial charge in [-0.2, -0.15) is 0 Å². The van der Waals surface area contributed by atoms with Crippen LogP contribution in [0, 0.1) is 5.92 Å². The van der Waals surface area contributed by atoms with E-state index in [1.54, 1.807) is 62.4 Å². The van der Waals surface area contributed by atoms with E-state index in [-0.39, 0.29) is 19.6 Å². The van der Waals surface area contributed by atoms with Gasteiger partial charge in [0.05, 0.1) is 0 Å². The van der Waals surface area contributed by atoms with Crippen LogP contribution in [0.25, 0.3) is 0 Å². The zero-order valence-electron chi connectivity index (χ0n) is 20.9. The quantitative estimate of drug-likeness (QED) is 0.239. The molecule has 8 nitrogen and oxygen atoms in total. The smallest absolute Gasteiger partial charge is 0.408 e. The van der Waals surface area contributed by atoms with E-state index in [4.69, 9.17) is 14.0 Å². The number of carbonyl (C=O) groups is 2. The van der Waals surface area contributed by atoms with E-state index in [1.165, 1.54) is 0 Å². The number of esters is 1. The lowest BCUT2D eigenvalue weighted by atomic mass is 10.1. The number of ether oxygens (including phenoxy) is 2. The van der Waals surface area contributed by atoms with Gasteiger partial charge in [0.2, 0.25) is 0 Å². The molecule has 0 aliphatic heterocycles. The summed E-state index contributed by atoms with van der Waals surface area (Å²) in [4.78, 5) is 36.3. The van der Waals surface area contributed by atoms with Crippen molar-refractivity contribution in [3.05, 3.63) is 108 Å². The van der Waals surface area contributed by atoms with Crippen LogP contribution in [0.15, 0.2) is 91.0 Å². The Bertz CT molecular complexity index is 1170. The van der Waals surface area contributed by atoms with Crippen LogP contribution in [0.2, 0.25) is 0 Å². The number of benzene rings is 3. The van der Waals surface area contributed by atoms with E-state index in [1.807, 2.05) is 42.5 Å². The fourth-order valence-corrected chi connectivity index (χ4v) is 4.98. The topological polar surface area (TPSA) is 111 Å². The van der Waals surface area contributed by atoms with Gasteiger partial charge >= 0.3 is 19.7 Å². The standard InChI is InChI=1S/C28H32NO7P/c1-21(2)26(27(30)34-19-23-14-8-4-9-15-23)36-37(32,33)25(18-22-12-6-3-7-13-22)29-28(31)35-20-24-16-10-5-11-17-24/h3-17,21,25-26H,18-20H2,1-2H3,(H,29,31)(H,32,33)/t25-,26+/m1/s1. The minimum atomic E-state index is -4.59. The predicted octanol–water partition coefficient (Wildman–Crippen LogP) is 5.45. The van der Waals surface area contributed by atoms with Crippen molar-refractivity contribution in [2.75, 3.05) is 0 Å². The zero-order chi connectivity index (χ0) is 26.7. The molecule has 2 N–H and O–H groups in total. The molecule has 3 aromatic rings. The maximum absolute atomic E-state index is 13.5. The molecule has 37 heavy (non-hydrogen) atoms. The minimum absolute atomic E-state index is 0.000507. The Hall–Kier alpha value is -3.45. The van der Waals surface area contributed by atoms with Gasteiger partial charge in [0, 0.05) is 6.42 Å². The first kappa shape index (κ1) is 28.1. The van der Waals surface area contributed by atoms with Gasteiger partial charge < -0.3 is 19.7 Å². The number of hydrogen-bond donors (Lipinski definition) is 2. The van der Waals surface area contributed by atoms with Crippen LogP contribution in [0.1, 0.15) is 30.5 Å². The molecule has 196 valence electrons. The molecule has 0 spiro atoms. The lowest BCUT2D eigenvalue weighted by molar-refractivity contribution is -0.155. The molecule has 0 aliphatic carbocycles. The Morgan fingerprint density at radius 2 is 1.24 bits per heavy atom. The molecule has 9 heteroatoms. The summed E-state index contributed by atoms with van der Waals surface area (Å²) in [6.07, 6.45) is -2.21. The van der Waals surface area contributed by atoms with Gasteiger partial charge in [-0.3, -0.25) is 9.09 Å². The number of hydrogen-bond acceptors (Lipinski definition) is 6. The van der Waals surface area contributed by atoms with Crippen molar-refractivity contribution in [3.8, 4) is 0 Å². The Labute approximate surface area is 217 Å². The van der Waals surface area contributed by atoms with Crippen molar-refractivity contribution >= 4 is 19.7 Å². The monoisotopic (exact) mass is 525 g/mol. The van der Waals surface area contributed by atoms with Gasteiger partial charge in [0.1, 0.15) is 19.0 Å². The Kier molecular flexibility index (Phi) is 10.4. The van der Waals surface area contributed by atoms with Crippen molar-refractivity contribution in [1.29, 1.82) is 0 Å². The SMILES string of the molecule is CC(C)[C@H](OP(=O)(O)[C@H](Cc1ccccc1)NC(=O)OCc1ccccc1)C(=O)OCc1ccccc1. The average molecular weight is 526 g/mol. The highest BCUT2D eigenvalue weighted by Gasteiger charge is 2.40. The Balaban J connectivity index is 1.71. The van der Waals surface area contributed by atoms with Gasteiger partial charge in [0.25, 0.3) is 0 Å². The van der Waals surface area contributed by atoms with Crippen LogP contribution in [0.4, 0.5) is 4.79 Å². The summed E-state index contributed by atoms with van der Waals surface area (Å²) in [5, 5.41) is 2.47. The number of nitrogens with one attached hydrogen (secondary N) is 1. The maximum Gasteiger partial charge on any atom is 0.408 e. The molecule has 3 atom stereocenters. The number of alkyl carbamates (subject to hydrolysis) is 1.